The van der Waals surface area contributed by atoms with Crippen molar-refractivity contribution in [2.45, 2.75) is 45.3 Å². The van der Waals surface area contributed by atoms with Crippen molar-refractivity contribution in [2.24, 2.45) is 0 Å². The first-order valence-corrected chi connectivity index (χ1v) is 6.75. The number of carbonyl (C=O) groups is 1. The molecule has 1 aromatic heterocycles. The molecule has 2 heterocycles. The van der Waals surface area contributed by atoms with Crippen LogP contribution < -0.4 is 0 Å². The number of amides is 1. The molecule has 7 nitrogen and oxygen atoms in total. The van der Waals surface area contributed by atoms with Gasteiger partial charge in [-0.15, -0.1) is 0 Å². The Hall–Kier alpha value is -1.47. The highest BCUT2D eigenvalue weighted by Gasteiger charge is 2.35. The van der Waals surface area contributed by atoms with E-state index in [0.29, 0.717) is 37.6 Å². The molecule has 112 valence electrons. The predicted molar refractivity (Wildman–Crippen MR) is 70.0 cm³/mol. The molecule has 0 radical (unpaired) electrons. The largest absolute Gasteiger partial charge is 0.394 e. The van der Waals surface area contributed by atoms with Crippen molar-refractivity contribution < 1.29 is 19.2 Å². The number of carbonyl (C=O) groups excluding carboxylic acids is 1. The molecular formula is C13H21N3O4. The molecule has 0 saturated carbocycles. The van der Waals surface area contributed by atoms with Gasteiger partial charge in [-0.25, -0.2) is 0 Å². The van der Waals surface area contributed by atoms with Crippen LogP contribution in [0.1, 0.15) is 32.0 Å². The zero-order valence-corrected chi connectivity index (χ0v) is 12.1. The van der Waals surface area contributed by atoms with Crippen LogP contribution in [-0.4, -0.2) is 57.5 Å². The molecular weight excluding hydrogens is 262 g/mol. The number of morpholine rings is 1. The lowest BCUT2D eigenvalue weighted by Gasteiger charge is -2.42. The predicted octanol–water partition coefficient (Wildman–Crippen LogP) is 0.309. The van der Waals surface area contributed by atoms with Crippen molar-refractivity contribution in [2.75, 3.05) is 19.7 Å². The molecule has 0 aliphatic carbocycles. The molecule has 0 spiro atoms. The van der Waals surface area contributed by atoms with E-state index in [1.807, 2.05) is 13.8 Å². The topological polar surface area (TPSA) is 88.7 Å². The van der Waals surface area contributed by atoms with Crippen LogP contribution in [-0.2, 0) is 16.0 Å². The lowest BCUT2D eigenvalue weighted by atomic mass is 10.0. The summed E-state index contributed by atoms with van der Waals surface area (Å²) in [4.78, 5) is 18.0. The number of ether oxygens (including phenoxy) is 1. The average molecular weight is 283 g/mol. The van der Waals surface area contributed by atoms with E-state index in [9.17, 15) is 9.90 Å². The maximum atomic E-state index is 12.2. The van der Waals surface area contributed by atoms with Gasteiger partial charge in [0.05, 0.1) is 18.3 Å². The summed E-state index contributed by atoms with van der Waals surface area (Å²) in [5.74, 6) is 1.05. The Morgan fingerprint density at radius 2 is 2.30 bits per heavy atom. The number of aliphatic hydroxyl groups excluding tert-OH is 1. The van der Waals surface area contributed by atoms with Crippen LogP contribution in [0.4, 0.5) is 0 Å². The first kappa shape index (κ1) is 14.9. The number of aliphatic hydroxyl groups is 1. The number of aryl methyl sites for hydroxylation is 2. The van der Waals surface area contributed by atoms with E-state index < -0.39 is 5.60 Å². The van der Waals surface area contributed by atoms with Crippen LogP contribution in [0.25, 0.3) is 0 Å². The summed E-state index contributed by atoms with van der Waals surface area (Å²) in [6.07, 6.45) is 0.422. The molecule has 1 unspecified atom stereocenters. The van der Waals surface area contributed by atoms with Gasteiger partial charge in [0.25, 0.3) is 0 Å². The van der Waals surface area contributed by atoms with E-state index >= 15 is 0 Å². The highest BCUT2D eigenvalue weighted by atomic mass is 16.5. The Bertz CT molecular complexity index is 472. The average Bonchev–Trinajstić information content (AvgIpc) is 2.79. The summed E-state index contributed by atoms with van der Waals surface area (Å²) < 4.78 is 10.7. The third-order valence-corrected chi connectivity index (χ3v) is 3.16. The third kappa shape index (κ3) is 3.77. The van der Waals surface area contributed by atoms with Crippen LogP contribution in [0.2, 0.25) is 0 Å². The number of hydrogen-bond donors (Lipinski definition) is 1. The van der Waals surface area contributed by atoms with Crippen LogP contribution in [0.15, 0.2) is 4.52 Å². The fourth-order valence-corrected chi connectivity index (χ4v) is 2.39. The van der Waals surface area contributed by atoms with E-state index in [1.54, 1.807) is 11.8 Å². The molecule has 7 heteroatoms. The van der Waals surface area contributed by atoms with Crippen LogP contribution in [0, 0.1) is 6.92 Å². The standard InChI is InChI=1S/C13H21N3O4/c1-9-14-11(20-15-9)4-5-12(18)16-6-10(7-17)19-13(2,3)8-16/h10,17H,4-8H2,1-3H3. The molecule has 1 aliphatic rings. The fraction of sp³-hybridized carbons (Fsp3) is 0.769. The van der Waals surface area contributed by atoms with Crippen LogP contribution in [0.3, 0.4) is 0 Å². The second-order valence-electron chi connectivity index (χ2n) is 5.69. The molecule has 1 aliphatic heterocycles. The molecule has 20 heavy (non-hydrogen) atoms. The van der Waals surface area contributed by atoms with E-state index in [2.05, 4.69) is 10.1 Å². The first-order valence-electron chi connectivity index (χ1n) is 6.75. The van der Waals surface area contributed by atoms with Crippen molar-refractivity contribution in [3.63, 3.8) is 0 Å². The molecule has 1 N–H and O–H groups in total. The SMILES string of the molecule is Cc1noc(CCC(=O)N2CC(CO)OC(C)(C)C2)n1. The van der Waals surface area contributed by atoms with Gasteiger partial charge in [0.15, 0.2) is 5.82 Å². The second-order valence-corrected chi connectivity index (χ2v) is 5.69. The second kappa shape index (κ2) is 5.88. The van der Waals surface area contributed by atoms with E-state index in [4.69, 9.17) is 9.26 Å². The van der Waals surface area contributed by atoms with Gasteiger partial charge in [0.1, 0.15) is 0 Å². The van der Waals surface area contributed by atoms with E-state index in [0.717, 1.165) is 0 Å². The maximum absolute atomic E-state index is 12.2. The molecule has 1 atom stereocenters. The molecule has 0 bridgehead atoms. The Morgan fingerprint density at radius 3 is 2.90 bits per heavy atom. The number of hydrogen-bond acceptors (Lipinski definition) is 6. The van der Waals surface area contributed by atoms with Gasteiger partial charge in [0.2, 0.25) is 11.8 Å². The van der Waals surface area contributed by atoms with Gasteiger partial charge in [-0.05, 0) is 20.8 Å². The van der Waals surface area contributed by atoms with E-state index in [-0.39, 0.29) is 18.6 Å². The van der Waals surface area contributed by atoms with Crippen LogP contribution in [0.5, 0.6) is 0 Å². The molecule has 1 fully saturated rings. The smallest absolute Gasteiger partial charge is 0.227 e. The normalized spacial score (nSPS) is 22.0. The third-order valence-electron chi connectivity index (χ3n) is 3.16. The monoisotopic (exact) mass is 283 g/mol. The molecule has 2 rings (SSSR count). The Kier molecular flexibility index (Phi) is 4.39. The number of aromatic nitrogens is 2. The van der Waals surface area contributed by atoms with Gasteiger partial charge < -0.3 is 19.3 Å². The van der Waals surface area contributed by atoms with Gasteiger partial charge in [-0.3, -0.25) is 4.79 Å². The quantitative estimate of drug-likeness (QED) is 0.855. The summed E-state index contributed by atoms with van der Waals surface area (Å²) in [6.45, 7) is 6.42. The van der Waals surface area contributed by atoms with Gasteiger partial charge in [-0.2, -0.15) is 4.98 Å². The maximum Gasteiger partial charge on any atom is 0.227 e. The Balaban J connectivity index is 1.91. The summed E-state index contributed by atoms with van der Waals surface area (Å²) in [5.41, 5.74) is -0.442. The zero-order chi connectivity index (χ0) is 14.8. The Labute approximate surface area is 117 Å². The highest BCUT2D eigenvalue weighted by Crippen LogP contribution is 2.21. The number of nitrogens with zero attached hydrogens (tertiary/aromatic N) is 3. The minimum absolute atomic E-state index is 0.00989. The number of rotatable bonds is 4. The fourth-order valence-electron chi connectivity index (χ4n) is 2.39. The van der Waals surface area contributed by atoms with Gasteiger partial charge in [0, 0.05) is 25.9 Å². The highest BCUT2D eigenvalue weighted by molar-refractivity contribution is 5.76. The van der Waals surface area contributed by atoms with Crippen molar-refractivity contribution >= 4 is 5.91 Å². The molecule has 1 aromatic rings. The summed E-state index contributed by atoms with van der Waals surface area (Å²) >= 11 is 0. The van der Waals surface area contributed by atoms with Gasteiger partial charge in [-0.1, -0.05) is 5.16 Å². The van der Waals surface area contributed by atoms with Crippen LogP contribution >= 0.6 is 0 Å². The summed E-state index contributed by atoms with van der Waals surface area (Å²) in [7, 11) is 0. The molecule has 0 aromatic carbocycles. The van der Waals surface area contributed by atoms with Crippen molar-refractivity contribution in [1.29, 1.82) is 0 Å². The van der Waals surface area contributed by atoms with E-state index in [1.165, 1.54) is 0 Å². The molecule has 1 amide bonds. The summed E-state index contributed by atoms with van der Waals surface area (Å²) in [6, 6.07) is 0. The lowest BCUT2D eigenvalue weighted by Crippen LogP contribution is -2.55. The Morgan fingerprint density at radius 1 is 1.55 bits per heavy atom. The lowest BCUT2D eigenvalue weighted by molar-refractivity contribution is -0.166. The first-order chi connectivity index (χ1) is 9.39. The zero-order valence-electron chi connectivity index (χ0n) is 12.1. The van der Waals surface area contributed by atoms with Gasteiger partial charge >= 0.3 is 0 Å². The van der Waals surface area contributed by atoms with Crippen molar-refractivity contribution in [1.82, 2.24) is 15.0 Å². The minimum Gasteiger partial charge on any atom is -0.394 e. The van der Waals surface area contributed by atoms with Crippen molar-refractivity contribution in [3.8, 4) is 0 Å². The van der Waals surface area contributed by atoms with Crippen molar-refractivity contribution in [3.05, 3.63) is 11.7 Å². The molecule has 1 saturated heterocycles. The summed E-state index contributed by atoms with van der Waals surface area (Å²) in [5, 5.41) is 12.9. The minimum atomic E-state index is -0.442.